The zero-order valence-corrected chi connectivity index (χ0v) is 8.52. The van der Waals surface area contributed by atoms with Crippen molar-refractivity contribution in [2.45, 2.75) is 58.3 Å². The van der Waals surface area contributed by atoms with Gasteiger partial charge in [-0.15, -0.1) is 0 Å². The molecule has 0 heteroatoms. The van der Waals surface area contributed by atoms with Crippen LogP contribution in [0.5, 0.6) is 0 Å². The van der Waals surface area contributed by atoms with Crippen LogP contribution in [0.25, 0.3) is 0 Å². The molecule has 1 saturated carbocycles. The molecular weight excluding hydrogens is 144 g/mol. The summed E-state index contributed by atoms with van der Waals surface area (Å²) in [5.41, 5.74) is 0. The zero-order valence-electron chi connectivity index (χ0n) is 8.52. The van der Waals surface area contributed by atoms with Gasteiger partial charge in [0.15, 0.2) is 0 Å². The largest absolute Gasteiger partial charge is 0.0622 e. The van der Waals surface area contributed by atoms with Crippen LogP contribution in [0.1, 0.15) is 58.3 Å². The van der Waals surface area contributed by atoms with E-state index in [0.29, 0.717) is 0 Å². The van der Waals surface area contributed by atoms with Crippen molar-refractivity contribution < 1.29 is 0 Å². The van der Waals surface area contributed by atoms with E-state index < -0.39 is 0 Å². The molecule has 0 bridgehead atoms. The van der Waals surface area contributed by atoms with E-state index in [2.05, 4.69) is 13.8 Å². The van der Waals surface area contributed by atoms with Crippen molar-refractivity contribution in [1.82, 2.24) is 0 Å². The molecule has 0 saturated heterocycles. The first-order valence-electron chi connectivity index (χ1n) is 5.64. The van der Waals surface area contributed by atoms with Gasteiger partial charge in [0, 0.05) is 0 Å². The second-order valence-electron chi connectivity index (χ2n) is 4.37. The predicted molar refractivity (Wildman–Crippen MR) is 54.9 cm³/mol. The van der Waals surface area contributed by atoms with Gasteiger partial charge in [-0.1, -0.05) is 65.2 Å². The van der Waals surface area contributed by atoms with E-state index in [9.17, 15) is 0 Å². The average molecular weight is 167 g/mol. The molecule has 1 aliphatic rings. The van der Waals surface area contributed by atoms with E-state index in [1.807, 2.05) is 0 Å². The van der Waals surface area contributed by atoms with Gasteiger partial charge in [0.2, 0.25) is 0 Å². The van der Waals surface area contributed by atoms with Crippen LogP contribution in [-0.4, -0.2) is 0 Å². The Labute approximate surface area is 77.7 Å². The van der Waals surface area contributed by atoms with Crippen molar-refractivity contribution in [2.75, 3.05) is 0 Å². The van der Waals surface area contributed by atoms with Crippen LogP contribution >= 0.6 is 0 Å². The maximum atomic E-state index is 3.94. The van der Waals surface area contributed by atoms with Crippen molar-refractivity contribution in [3.05, 3.63) is 6.92 Å². The Morgan fingerprint density at radius 1 is 1.17 bits per heavy atom. The SMILES string of the molecule is [CH2]CCC(C)C1CCCCCC1. The minimum absolute atomic E-state index is 0.931. The highest BCUT2D eigenvalue weighted by Gasteiger charge is 2.17. The second-order valence-corrected chi connectivity index (χ2v) is 4.37. The van der Waals surface area contributed by atoms with Crippen molar-refractivity contribution in [3.63, 3.8) is 0 Å². The van der Waals surface area contributed by atoms with Crippen molar-refractivity contribution in [2.24, 2.45) is 11.8 Å². The van der Waals surface area contributed by atoms with E-state index in [1.54, 1.807) is 0 Å². The van der Waals surface area contributed by atoms with Crippen LogP contribution < -0.4 is 0 Å². The first-order valence-corrected chi connectivity index (χ1v) is 5.64. The highest BCUT2D eigenvalue weighted by molar-refractivity contribution is 4.70. The lowest BCUT2D eigenvalue weighted by Crippen LogP contribution is -2.10. The fourth-order valence-electron chi connectivity index (χ4n) is 2.44. The summed E-state index contributed by atoms with van der Waals surface area (Å²) in [6, 6.07) is 0. The predicted octanol–water partition coefficient (Wildman–Crippen LogP) is 4.21. The molecule has 1 atom stereocenters. The van der Waals surface area contributed by atoms with Crippen molar-refractivity contribution in [3.8, 4) is 0 Å². The molecule has 1 rings (SSSR count). The van der Waals surface area contributed by atoms with Crippen LogP contribution in [0.2, 0.25) is 0 Å². The van der Waals surface area contributed by atoms with Crippen LogP contribution in [-0.2, 0) is 0 Å². The summed E-state index contributed by atoms with van der Waals surface area (Å²) in [5, 5.41) is 0. The zero-order chi connectivity index (χ0) is 8.81. The summed E-state index contributed by atoms with van der Waals surface area (Å²) in [4.78, 5) is 0. The third-order valence-corrected chi connectivity index (χ3v) is 3.36. The van der Waals surface area contributed by atoms with Gasteiger partial charge in [-0.3, -0.25) is 0 Å². The topological polar surface area (TPSA) is 0 Å². The average Bonchev–Trinajstić information content (AvgIpc) is 2.32. The Morgan fingerprint density at radius 2 is 1.75 bits per heavy atom. The van der Waals surface area contributed by atoms with Gasteiger partial charge in [-0.2, -0.15) is 0 Å². The molecule has 1 radical (unpaired) electrons. The Hall–Kier alpha value is 0. The molecule has 0 N–H and O–H groups in total. The molecule has 0 aromatic carbocycles. The summed E-state index contributed by atoms with van der Waals surface area (Å²) in [6.07, 6.45) is 11.4. The monoisotopic (exact) mass is 167 g/mol. The summed E-state index contributed by atoms with van der Waals surface area (Å²) >= 11 is 0. The standard InChI is InChI=1S/C12H23/c1-3-8-11(2)12-9-6-4-5-7-10-12/h11-12H,1,3-10H2,2H3. The third-order valence-electron chi connectivity index (χ3n) is 3.36. The Kier molecular flexibility index (Phi) is 4.72. The maximum Gasteiger partial charge on any atom is -0.0388 e. The highest BCUT2D eigenvalue weighted by atomic mass is 14.2. The molecular formula is C12H23. The Morgan fingerprint density at radius 3 is 2.25 bits per heavy atom. The van der Waals surface area contributed by atoms with E-state index >= 15 is 0 Å². The third kappa shape index (κ3) is 3.16. The van der Waals surface area contributed by atoms with Gasteiger partial charge in [-0.25, -0.2) is 0 Å². The molecule has 0 spiro atoms. The normalized spacial score (nSPS) is 23.5. The molecule has 0 heterocycles. The number of rotatable bonds is 3. The van der Waals surface area contributed by atoms with Gasteiger partial charge in [0.1, 0.15) is 0 Å². The van der Waals surface area contributed by atoms with Gasteiger partial charge in [0.25, 0.3) is 0 Å². The molecule has 0 aliphatic heterocycles. The molecule has 1 fully saturated rings. The molecule has 0 amide bonds. The summed E-state index contributed by atoms with van der Waals surface area (Å²) in [5.74, 6) is 1.95. The van der Waals surface area contributed by atoms with Crippen LogP contribution in [0.4, 0.5) is 0 Å². The fraction of sp³-hybridized carbons (Fsp3) is 0.917. The number of hydrogen-bond donors (Lipinski definition) is 0. The molecule has 0 aromatic rings. The minimum Gasteiger partial charge on any atom is -0.0622 e. The molecule has 0 aromatic heterocycles. The molecule has 71 valence electrons. The minimum atomic E-state index is 0.931. The van der Waals surface area contributed by atoms with Gasteiger partial charge >= 0.3 is 0 Å². The smallest absolute Gasteiger partial charge is 0.0388 e. The Balaban J connectivity index is 2.27. The number of hydrogen-bond acceptors (Lipinski definition) is 0. The summed E-state index contributed by atoms with van der Waals surface area (Å²) in [7, 11) is 0. The van der Waals surface area contributed by atoms with Gasteiger partial charge < -0.3 is 0 Å². The molecule has 0 nitrogen and oxygen atoms in total. The fourth-order valence-corrected chi connectivity index (χ4v) is 2.44. The van der Waals surface area contributed by atoms with Crippen LogP contribution in [0.15, 0.2) is 0 Å². The first-order chi connectivity index (χ1) is 5.84. The first kappa shape index (κ1) is 10.1. The van der Waals surface area contributed by atoms with Crippen LogP contribution in [0.3, 0.4) is 0 Å². The lowest BCUT2D eigenvalue weighted by Gasteiger charge is -2.21. The lowest BCUT2D eigenvalue weighted by molar-refractivity contribution is 0.305. The Bertz CT molecular complexity index is 98.6. The van der Waals surface area contributed by atoms with E-state index in [1.165, 1.54) is 44.9 Å². The molecule has 1 aliphatic carbocycles. The lowest BCUT2D eigenvalue weighted by atomic mass is 9.85. The van der Waals surface area contributed by atoms with Gasteiger partial charge in [0.05, 0.1) is 0 Å². The molecule has 1 unspecified atom stereocenters. The van der Waals surface area contributed by atoms with E-state index in [-0.39, 0.29) is 0 Å². The highest BCUT2D eigenvalue weighted by Crippen LogP contribution is 2.30. The van der Waals surface area contributed by atoms with Crippen molar-refractivity contribution >= 4 is 0 Å². The second kappa shape index (κ2) is 5.61. The van der Waals surface area contributed by atoms with Gasteiger partial charge in [-0.05, 0) is 11.8 Å². The molecule has 12 heavy (non-hydrogen) atoms. The summed E-state index contributed by atoms with van der Waals surface area (Å²) < 4.78 is 0. The quantitative estimate of drug-likeness (QED) is 0.552. The van der Waals surface area contributed by atoms with Crippen LogP contribution in [0, 0.1) is 18.8 Å². The summed E-state index contributed by atoms with van der Waals surface area (Å²) in [6.45, 7) is 6.36. The maximum absolute atomic E-state index is 3.94. The van der Waals surface area contributed by atoms with Crippen molar-refractivity contribution in [1.29, 1.82) is 0 Å². The van der Waals surface area contributed by atoms with E-state index in [4.69, 9.17) is 0 Å². The van der Waals surface area contributed by atoms with E-state index in [0.717, 1.165) is 18.3 Å².